The smallest absolute Gasteiger partial charge is 0.335 e. The van der Waals surface area contributed by atoms with Gasteiger partial charge in [0, 0.05) is 26.9 Å². The largest absolute Gasteiger partial charge is 0.481 e. The zero-order chi connectivity index (χ0) is 14.8. The van der Waals surface area contributed by atoms with Crippen molar-refractivity contribution in [2.75, 3.05) is 20.4 Å². The molecule has 0 aromatic heterocycles. The molecule has 0 aliphatic heterocycles. The minimum Gasteiger partial charge on any atom is -0.481 e. The third kappa shape index (κ3) is 8.20. The van der Waals surface area contributed by atoms with Crippen molar-refractivity contribution in [3.8, 4) is 0 Å². The molecule has 0 saturated carbocycles. The highest BCUT2D eigenvalue weighted by atomic mass is 32.2. The number of carboxylic acid groups (broad SMARTS) is 1. The monoisotopic (exact) mass is 290 g/mol. The van der Waals surface area contributed by atoms with E-state index in [0.717, 1.165) is 11.8 Å². The molecule has 8 heteroatoms. The first-order valence-electron chi connectivity index (χ1n) is 5.63. The van der Waals surface area contributed by atoms with Crippen molar-refractivity contribution in [3.05, 3.63) is 0 Å². The van der Waals surface area contributed by atoms with E-state index in [4.69, 9.17) is 5.11 Å². The Kier molecular flexibility index (Phi) is 8.60. The van der Waals surface area contributed by atoms with Crippen LogP contribution in [0.2, 0.25) is 0 Å². The fourth-order valence-electron chi connectivity index (χ4n) is 1.04. The standard InChI is InChI=1S/C11H18N2O5S/c1-13(2)11(17)10(19-3)12-18-9(16)7-5-4-6-8(14)15/h4-7H2,1-3H3,(H,14,15)/b12-10-. The van der Waals surface area contributed by atoms with Crippen molar-refractivity contribution in [2.24, 2.45) is 5.16 Å². The predicted molar refractivity (Wildman–Crippen MR) is 71.8 cm³/mol. The summed E-state index contributed by atoms with van der Waals surface area (Å²) >= 11 is 1.08. The maximum atomic E-state index is 11.5. The number of rotatable bonds is 6. The molecule has 0 saturated heterocycles. The SMILES string of the molecule is CS/C(=N\OC(=O)CCCCC(=O)O)C(=O)N(C)C. The van der Waals surface area contributed by atoms with Gasteiger partial charge in [-0.1, -0.05) is 5.16 Å². The summed E-state index contributed by atoms with van der Waals surface area (Å²) in [5, 5.41) is 12.0. The molecule has 0 atom stereocenters. The zero-order valence-electron chi connectivity index (χ0n) is 11.2. The van der Waals surface area contributed by atoms with E-state index < -0.39 is 11.9 Å². The van der Waals surface area contributed by atoms with Crippen molar-refractivity contribution in [2.45, 2.75) is 25.7 Å². The van der Waals surface area contributed by atoms with Crippen molar-refractivity contribution >= 4 is 34.7 Å². The molecule has 0 aromatic carbocycles. The van der Waals surface area contributed by atoms with E-state index >= 15 is 0 Å². The number of nitrogens with zero attached hydrogens (tertiary/aromatic N) is 2. The molecular weight excluding hydrogens is 272 g/mol. The lowest BCUT2D eigenvalue weighted by Gasteiger charge is -2.09. The lowest BCUT2D eigenvalue weighted by molar-refractivity contribution is -0.144. The van der Waals surface area contributed by atoms with Gasteiger partial charge in [0.05, 0.1) is 0 Å². The van der Waals surface area contributed by atoms with Crippen LogP contribution < -0.4 is 0 Å². The second-order valence-electron chi connectivity index (χ2n) is 3.86. The summed E-state index contributed by atoms with van der Waals surface area (Å²) in [5.74, 6) is -1.82. The van der Waals surface area contributed by atoms with Gasteiger partial charge in [-0.25, -0.2) is 4.79 Å². The van der Waals surface area contributed by atoms with Gasteiger partial charge in [0.15, 0.2) is 0 Å². The molecule has 7 nitrogen and oxygen atoms in total. The summed E-state index contributed by atoms with van der Waals surface area (Å²) in [7, 11) is 3.14. The highest BCUT2D eigenvalue weighted by molar-refractivity contribution is 8.15. The highest BCUT2D eigenvalue weighted by Crippen LogP contribution is 2.05. The minimum absolute atomic E-state index is 0.0196. The van der Waals surface area contributed by atoms with Crippen LogP contribution in [0, 0.1) is 0 Å². The van der Waals surface area contributed by atoms with Crippen LogP contribution in [-0.4, -0.2) is 53.2 Å². The van der Waals surface area contributed by atoms with Crippen LogP contribution in [0.25, 0.3) is 0 Å². The normalized spacial score (nSPS) is 11.0. The number of unbranched alkanes of at least 4 members (excludes halogenated alkanes) is 1. The number of carbonyl (C=O) groups excluding carboxylic acids is 2. The maximum absolute atomic E-state index is 11.5. The third-order valence-electron chi connectivity index (χ3n) is 2.03. The third-order valence-corrected chi connectivity index (χ3v) is 2.67. The van der Waals surface area contributed by atoms with Gasteiger partial charge in [-0.15, -0.1) is 11.8 Å². The number of hydrogen-bond acceptors (Lipinski definition) is 6. The number of aliphatic carboxylic acids is 1. The second kappa shape index (κ2) is 9.37. The molecule has 1 N–H and O–H groups in total. The summed E-state index contributed by atoms with van der Waals surface area (Å²) < 4.78 is 0. The first kappa shape index (κ1) is 17.4. The van der Waals surface area contributed by atoms with Gasteiger partial charge in [0.25, 0.3) is 5.91 Å². The van der Waals surface area contributed by atoms with Crippen molar-refractivity contribution in [1.29, 1.82) is 0 Å². The van der Waals surface area contributed by atoms with Crippen LogP contribution in [0.1, 0.15) is 25.7 Å². The van der Waals surface area contributed by atoms with Gasteiger partial charge in [-0.3, -0.25) is 9.59 Å². The molecule has 0 bridgehead atoms. The van der Waals surface area contributed by atoms with Crippen LogP contribution >= 0.6 is 11.8 Å². The Bertz CT molecular complexity index is 368. The molecular formula is C11H18N2O5S. The lowest BCUT2D eigenvalue weighted by Crippen LogP contribution is -2.28. The molecule has 0 spiro atoms. The van der Waals surface area contributed by atoms with E-state index in [1.807, 2.05) is 0 Å². The van der Waals surface area contributed by atoms with E-state index in [2.05, 4.69) is 9.99 Å². The Morgan fingerprint density at radius 2 is 1.79 bits per heavy atom. The Labute approximate surface area is 116 Å². The molecule has 0 heterocycles. The fraction of sp³-hybridized carbons (Fsp3) is 0.636. The van der Waals surface area contributed by atoms with Crippen LogP contribution in [-0.2, 0) is 19.2 Å². The number of thioether (sulfide) groups is 1. The molecule has 0 fully saturated rings. The van der Waals surface area contributed by atoms with Gasteiger partial charge < -0.3 is 14.8 Å². The highest BCUT2D eigenvalue weighted by Gasteiger charge is 2.14. The van der Waals surface area contributed by atoms with Crippen LogP contribution in [0.15, 0.2) is 5.16 Å². The van der Waals surface area contributed by atoms with Crippen molar-refractivity contribution in [3.63, 3.8) is 0 Å². The lowest BCUT2D eigenvalue weighted by atomic mass is 10.2. The van der Waals surface area contributed by atoms with Gasteiger partial charge in [-0.2, -0.15) is 0 Å². The minimum atomic E-state index is -0.896. The van der Waals surface area contributed by atoms with E-state index in [1.165, 1.54) is 4.90 Å². The van der Waals surface area contributed by atoms with Crippen molar-refractivity contribution in [1.82, 2.24) is 4.90 Å². The van der Waals surface area contributed by atoms with Gasteiger partial charge in [-0.05, 0) is 19.1 Å². The van der Waals surface area contributed by atoms with Crippen LogP contribution in [0.3, 0.4) is 0 Å². The summed E-state index contributed by atoms with van der Waals surface area (Å²) in [6.45, 7) is 0. The first-order valence-corrected chi connectivity index (χ1v) is 6.86. The Morgan fingerprint density at radius 1 is 1.21 bits per heavy atom. The Balaban J connectivity index is 4.10. The van der Waals surface area contributed by atoms with Gasteiger partial charge >= 0.3 is 11.9 Å². The summed E-state index contributed by atoms with van der Waals surface area (Å²) in [5.41, 5.74) is 0. The summed E-state index contributed by atoms with van der Waals surface area (Å²) in [4.78, 5) is 39.0. The molecule has 0 aliphatic carbocycles. The predicted octanol–water partition coefficient (Wildman–Crippen LogP) is 0.939. The molecule has 0 aromatic rings. The van der Waals surface area contributed by atoms with Crippen LogP contribution in [0.5, 0.6) is 0 Å². The van der Waals surface area contributed by atoms with E-state index in [9.17, 15) is 14.4 Å². The molecule has 19 heavy (non-hydrogen) atoms. The molecule has 108 valence electrons. The zero-order valence-corrected chi connectivity index (χ0v) is 12.0. The number of amides is 1. The fourth-order valence-corrected chi connectivity index (χ4v) is 1.51. The first-order chi connectivity index (χ1) is 8.88. The van der Waals surface area contributed by atoms with E-state index in [0.29, 0.717) is 12.8 Å². The molecule has 0 aliphatic rings. The number of oxime groups is 1. The van der Waals surface area contributed by atoms with Crippen molar-refractivity contribution < 1.29 is 24.3 Å². The molecule has 0 rings (SSSR count). The quantitative estimate of drug-likeness (QED) is 0.257. The summed E-state index contributed by atoms with van der Waals surface area (Å²) in [6.07, 6.45) is 2.57. The number of carbonyl (C=O) groups is 3. The van der Waals surface area contributed by atoms with Gasteiger partial charge in [0.2, 0.25) is 5.04 Å². The van der Waals surface area contributed by atoms with Gasteiger partial charge in [0.1, 0.15) is 0 Å². The topological polar surface area (TPSA) is 96.3 Å². The Hall–Kier alpha value is -1.57. The maximum Gasteiger partial charge on any atom is 0.335 e. The molecule has 0 radical (unpaired) electrons. The second-order valence-corrected chi connectivity index (χ2v) is 4.66. The summed E-state index contributed by atoms with van der Waals surface area (Å²) in [6, 6.07) is 0. The number of carboxylic acids is 1. The average Bonchev–Trinajstić information content (AvgIpc) is 2.34. The number of hydrogen-bond donors (Lipinski definition) is 1. The Morgan fingerprint density at radius 3 is 2.26 bits per heavy atom. The molecule has 0 unspecified atom stereocenters. The average molecular weight is 290 g/mol. The van der Waals surface area contributed by atoms with Crippen LogP contribution in [0.4, 0.5) is 0 Å². The van der Waals surface area contributed by atoms with E-state index in [-0.39, 0.29) is 23.8 Å². The van der Waals surface area contributed by atoms with E-state index in [1.54, 1.807) is 20.4 Å². The molecule has 1 amide bonds.